The van der Waals surface area contributed by atoms with E-state index in [0.717, 1.165) is 30.6 Å². The summed E-state index contributed by atoms with van der Waals surface area (Å²) < 4.78 is 68.3. The second-order valence-electron chi connectivity index (χ2n) is 6.06. The van der Waals surface area contributed by atoms with Crippen molar-refractivity contribution in [2.45, 2.75) is 19.3 Å². The fourth-order valence-corrected chi connectivity index (χ4v) is 2.18. The quantitative estimate of drug-likeness (QED) is 0.549. The van der Waals surface area contributed by atoms with Crippen LogP contribution in [0.3, 0.4) is 0 Å². The molecule has 0 saturated carbocycles. The summed E-state index contributed by atoms with van der Waals surface area (Å²) in [5.41, 5.74) is -1.30. The number of hydrogen-bond donors (Lipinski definition) is 2. The Balaban J connectivity index is 1.71. The maximum atomic E-state index is 13.5. The smallest absolute Gasteiger partial charge is 0.281 e. The van der Waals surface area contributed by atoms with Gasteiger partial charge < -0.3 is 15.4 Å². The lowest BCUT2D eigenvalue weighted by Crippen LogP contribution is -2.31. The third kappa shape index (κ3) is 7.32. The number of ether oxygens (including phenoxy) is 1. The number of benzene rings is 1. The molecule has 0 atom stereocenters. The van der Waals surface area contributed by atoms with Crippen LogP contribution in [0.15, 0.2) is 42.9 Å². The van der Waals surface area contributed by atoms with Crippen molar-refractivity contribution in [3.05, 3.63) is 65.6 Å². The van der Waals surface area contributed by atoms with Crippen molar-refractivity contribution < 1.29 is 36.3 Å². The van der Waals surface area contributed by atoms with Crippen LogP contribution in [-0.2, 0) is 4.79 Å². The average molecular weight is 444 g/mol. The fraction of sp³-hybridized carbons (Fsp3) is 0.263. The van der Waals surface area contributed by atoms with E-state index in [-0.39, 0.29) is 30.1 Å². The normalized spacial score (nSPS) is 10.8. The van der Waals surface area contributed by atoms with Crippen LogP contribution in [0.4, 0.5) is 22.0 Å². The van der Waals surface area contributed by atoms with Gasteiger partial charge in [0.1, 0.15) is 23.0 Å². The van der Waals surface area contributed by atoms with Crippen molar-refractivity contribution in [2.24, 2.45) is 0 Å². The summed E-state index contributed by atoms with van der Waals surface area (Å²) in [6.07, 6.45) is -3.94. The third-order valence-electron chi connectivity index (χ3n) is 3.74. The molecule has 0 fully saturated rings. The van der Waals surface area contributed by atoms with Crippen LogP contribution in [0, 0.1) is 5.82 Å². The first-order valence-corrected chi connectivity index (χ1v) is 8.73. The number of carbonyl (C=O) groups is 2. The molecule has 1 aromatic heterocycles. The SMILES string of the molecule is C=C(CCNC(=O)COc1ccc(C(F)F)c(F)c1)NC(=O)c1cnc(C(F)F)cn1. The molecule has 7 nitrogen and oxygen atoms in total. The highest BCUT2D eigenvalue weighted by atomic mass is 19.3. The minimum absolute atomic E-state index is 0.0655. The van der Waals surface area contributed by atoms with E-state index in [1.807, 2.05) is 0 Å². The van der Waals surface area contributed by atoms with Gasteiger partial charge in [-0.15, -0.1) is 0 Å². The van der Waals surface area contributed by atoms with E-state index in [1.54, 1.807) is 0 Å². The van der Waals surface area contributed by atoms with Crippen molar-refractivity contribution >= 4 is 11.8 Å². The van der Waals surface area contributed by atoms with E-state index in [9.17, 15) is 31.5 Å². The van der Waals surface area contributed by atoms with E-state index in [0.29, 0.717) is 0 Å². The van der Waals surface area contributed by atoms with E-state index >= 15 is 0 Å². The van der Waals surface area contributed by atoms with E-state index in [2.05, 4.69) is 27.2 Å². The number of alkyl halides is 4. The minimum Gasteiger partial charge on any atom is -0.484 e. The van der Waals surface area contributed by atoms with E-state index < -0.39 is 48.3 Å². The topological polar surface area (TPSA) is 93.2 Å². The molecule has 2 N–H and O–H groups in total. The van der Waals surface area contributed by atoms with Crippen molar-refractivity contribution in [3.8, 4) is 5.75 Å². The van der Waals surface area contributed by atoms with E-state index in [1.165, 1.54) is 0 Å². The van der Waals surface area contributed by atoms with Crippen LogP contribution >= 0.6 is 0 Å². The zero-order chi connectivity index (χ0) is 23.0. The zero-order valence-electron chi connectivity index (χ0n) is 15.9. The first-order chi connectivity index (χ1) is 14.7. The second kappa shape index (κ2) is 11.0. The molecule has 0 spiro atoms. The van der Waals surface area contributed by atoms with Gasteiger partial charge in [-0.05, 0) is 12.1 Å². The molecule has 166 valence electrons. The average Bonchev–Trinajstić information content (AvgIpc) is 2.72. The van der Waals surface area contributed by atoms with Gasteiger partial charge in [0.2, 0.25) is 0 Å². The molecule has 1 aromatic carbocycles. The lowest BCUT2D eigenvalue weighted by molar-refractivity contribution is -0.123. The second-order valence-corrected chi connectivity index (χ2v) is 6.06. The molecule has 0 unspecified atom stereocenters. The molecule has 0 bridgehead atoms. The van der Waals surface area contributed by atoms with Gasteiger partial charge >= 0.3 is 0 Å². The molecule has 0 aliphatic carbocycles. The Kier molecular flexibility index (Phi) is 8.41. The van der Waals surface area contributed by atoms with Crippen molar-refractivity contribution in [1.82, 2.24) is 20.6 Å². The minimum atomic E-state index is -2.96. The van der Waals surface area contributed by atoms with Crippen LogP contribution in [0.25, 0.3) is 0 Å². The number of aromatic nitrogens is 2. The molecular formula is C19H17F5N4O3. The first kappa shape index (κ1) is 23.7. The maximum Gasteiger partial charge on any atom is 0.281 e. The van der Waals surface area contributed by atoms with E-state index in [4.69, 9.17) is 4.74 Å². The Labute approximate surface area is 173 Å². The van der Waals surface area contributed by atoms with Crippen LogP contribution in [-0.4, -0.2) is 34.9 Å². The third-order valence-corrected chi connectivity index (χ3v) is 3.74. The summed E-state index contributed by atoms with van der Waals surface area (Å²) in [5.74, 6) is -2.52. The Morgan fingerprint density at radius 3 is 2.42 bits per heavy atom. The fourth-order valence-electron chi connectivity index (χ4n) is 2.18. The molecule has 2 amide bonds. The monoisotopic (exact) mass is 444 g/mol. The Bertz CT molecular complexity index is 939. The molecular weight excluding hydrogens is 427 g/mol. The summed E-state index contributed by atoms with van der Waals surface area (Å²) in [6, 6.07) is 2.74. The number of halogens is 5. The zero-order valence-corrected chi connectivity index (χ0v) is 15.9. The number of rotatable bonds is 10. The summed E-state index contributed by atoms with van der Waals surface area (Å²) >= 11 is 0. The highest BCUT2D eigenvalue weighted by Gasteiger charge is 2.15. The standard InChI is InChI=1S/C19H17F5N4O3/c1-10(28-19(30)15-8-26-14(7-27-15)18(23)24)4-5-25-16(29)9-31-11-2-3-12(17(21)22)13(20)6-11/h2-3,6-8,17-18H,1,4-5,9H2,(H,25,29)(H,28,30). The highest BCUT2D eigenvalue weighted by Crippen LogP contribution is 2.25. The van der Waals surface area contributed by atoms with Crippen molar-refractivity contribution in [1.29, 1.82) is 0 Å². The molecule has 0 saturated heterocycles. The lowest BCUT2D eigenvalue weighted by atomic mass is 10.2. The van der Waals surface area contributed by atoms with Crippen LogP contribution in [0.1, 0.15) is 41.0 Å². The lowest BCUT2D eigenvalue weighted by Gasteiger charge is -2.10. The van der Waals surface area contributed by atoms with Gasteiger partial charge in [0.25, 0.3) is 24.7 Å². The number of carbonyl (C=O) groups excluding carboxylic acids is 2. The Hall–Kier alpha value is -3.57. The summed E-state index contributed by atoms with van der Waals surface area (Å²) in [4.78, 5) is 30.7. The summed E-state index contributed by atoms with van der Waals surface area (Å²) in [6.45, 7) is 3.18. The Morgan fingerprint density at radius 2 is 1.84 bits per heavy atom. The van der Waals surface area contributed by atoms with Gasteiger partial charge in [-0.25, -0.2) is 26.9 Å². The van der Waals surface area contributed by atoms with Gasteiger partial charge in [0, 0.05) is 24.7 Å². The molecule has 2 rings (SSSR count). The number of nitrogens with one attached hydrogen (secondary N) is 2. The number of amides is 2. The van der Waals surface area contributed by atoms with Crippen LogP contribution < -0.4 is 15.4 Å². The predicted octanol–water partition coefficient (Wildman–Crippen LogP) is 3.32. The first-order valence-electron chi connectivity index (χ1n) is 8.73. The molecule has 31 heavy (non-hydrogen) atoms. The van der Waals surface area contributed by atoms with Crippen LogP contribution in [0.5, 0.6) is 5.75 Å². The highest BCUT2D eigenvalue weighted by molar-refractivity contribution is 5.93. The molecule has 12 heteroatoms. The van der Waals surface area contributed by atoms with Crippen LogP contribution in [0.2, 0.25) is 0 Å². The number of nitrogens with zero attached hydrogens (tertiary/aromatic N) is 2. The molecule has 0 radical (unpaired) electrons. The maximum absolute atomic E-state index is 13.5. The predicted molar refractivity (Wildman–Crippen MR) is 98.1 cm³/mol. The van der Waals surface area contributed by atoms with Crippen molar-refractivity contribution in [2.75, 3.05) is 13.2 Å². The summed E-state index contributed by atoms with van der Waals surface area (Å²) in [7, 11) is 0. The van der Waals surface area contributed by atoms with Gasteiger partial charge in [-0.3, -0.25) is 14.6 Å². The Morgan fingerprint density at radius 1 is 1.10 bits per heavy atom. The molecule has 0 aliphatic heterocycles. The van der Waals surface area contributed by atoms with Gasteiger partial charge in [0.05, 0.1) is 18.0 Å². The molecule has 1 heterocycles. The largest absolute Gasteiger partial charge is 0.484 e. The molecule has 2 aromatic rings. The van der Waals surface area contributed by atoms with Gasteiger partial charge in [-0.1, -0.05) is 6.58 Å². The molecule has 0 aliphatic rings. The van der Waals surface area contributed by atoms with Gasteiger partial charge in [0.15, 0.2) is 6.61 Å². The van der Waals surface area contributed by atoms with Crippen molar-refractivity contribution in [3.63, 3.8) is 0 Å². The summed E-state index contributed by atoms with van der Waals surface area (Å²) in [5, 5.41) is 4.85. The van der Waals surface area contributed by atoms with Gasteiger partial charge in [-0.2, -0.15) is 0 Å². The number of hydrogen-bond acceptors (Lipinski definition) is 5.